The molecule has 146 valence electrons. The highest BCUT2D eigenvalue weighted by Gasteiger charge is 2.34. The maximum Gasteiger partial charge on any atom is 0.417 e. The third-order valence-corrected chi connectivity index (χ3v) is 4.00. The van der Waals surface area contributed by atoms with Gasteiger partial charge in [-0.05, 0) is 12.1 Å². The largest absolute Gasteiger partial charge is 0.453 e. The van der Waals surface area contributed by atoms with Crippen molar-refractivity contribution in [2.24, 2.45) is 0 Å². The summed E-state index contributed by atoms with van der Waals surface area (Å²) < 4.78 is 43.4. The highest BCUT2D eigenvalue weighted by atomic mass is 35.5. The minimum Gasteiger partial charge on any atom is -0.453 e. The van der Waals surface area contributed by atoms with E-state index < -0.39 is 17.6 Å². The molecule has 1 aliphatic heterocycles. The molecule has 1 aromatic rings. The number of nitrogens with one attached hydrogen (secondary N) is 1. The van der Waals surface area contributed by atoms with Gasteiger partial charge >= 0.3 is 12.3 Å². The molecule has 0 aliphatic carbocycles. The maximum absolute atomic E-state index is 12.9. The van der Waals surface area contributed by atoms with Gasteiger partial charge in [0.1, 0.15) is 0 Å². The average molecular weight is 396 g/mol. The molecule has 10 heteroatoms. The Morgan fingerprint density at radius 1 is 1.15 bits per heavy atom. The number of amides is 2. The first-order chi connectivity index (χ1) is 11.8. The summed E-state index contributed by atoms with van der Waals surface area (Å²) in [5.41, 5.74) is -1.33. The maximum atomic E-state index is 12.9. The predicted molar refractivity (Wildman–Crippen MR) is 91.4 cm³/mol. The van der Waals surface area contributed by atoms with Crippen molar-refractivity contribution in [3.8, 4) is 0 Å². The third-order valence-electron chi connectivity index (χ3n) is 4.00. The highest BCUT2D eigenvalue weighted by Crippen LogP contribution is 2.31. The Kier molecular flexibility index (Phi) is 8.16. The normalized spacial score (nSPS) is 15.2. The fourth-order valence-electron chi connectivity index (χ4n) is 2.63. The molecule has 0 radical (unpaired) electrons. The molecule has 1 heterocycles. The van der Waals surface area contributed by atoms with Crippen LogP contribution < -0.4 is 5.32 Å². The summed E-state index contributed by atoms with van der Waals surface area (Å²) in [5.74, 6) is -0.749. The van der Waals surface area contributed by atoms with E-state index >= 15 is 0 Å². The van der Waals surface area contributed by atoms with Crippen molar-refractivity contribution in [1.29, 1.82) is 0 Å². The molecule has 26 heavy (non-hydrogen) atoms. The Labute approximate surface area is 155 Å². The zero-order chi connectivity index (χ0) is 18.4. The molecule has 1 N–H and O–H groups in total. The number of piperazine rings is 1. The number of nitrogens with zero attached hydrogens (tertiary/aromatic N) is 2. The van der Waals surface area contributed by atoms with Crippen molar-refractivity contribution in [3.63, 3.8) is 0 Å². The van der Waals surface area contributed by atoms with Crippen LogP contribution in [0, 0.1) is 0 Å². The van der Waals surface area contributed by atoms with Crippen LogP contribution in [0.1, 0.15) is 15.9 Å². The number of rotatable bonds is 4. The smallest absolute Gasteiger partial charge is 0.417 e. The van der Waals surface area contributed by atoms with Crippen molar-refractivity contribution >= 4 is 24.4 Å². The standard InChI is InChI=1S/C16H20F3N3O3.ClH/c1-25-15(24)22-10-8-21(9-11-22)7-6-20-14(23)12-4-2-3-5-13(12)16(17,18)19;/h2-5H,6-11H2,1H3,(H,20,23);1H. The van der Waals surface area contributed by atoms with Crippen molar-refractivity contribution < 1.29 is 27.5 Å². The van der Waals surface area contributed by atoms with E-state index in [0.29, 0.717) is 32.7 Å². The number of methoxy groups -OCH3 is 1. The van der Waals surface area contributed by atoms with E-state index in [1.807, 2.05) is 4.90 Å². The lowest BCUT2D eigenvalue weighted by molar-refractivity contribution is -0.137. The van der Waals surface area contributed by atoms with Gasteiger partial charge in [-0.1, -0.05) is 12.1 Å². The molecule has 0 unspecified atom stereocenters. The lowest BCUT2D eigenvalue weighted by Gasteiger charge is -2.33. The molecule has 1 aliphatic rings. The second-order valence-electron chi connectivity index (χ2n) is 5.60. The Bertz CT molecular complexity index is 620. The molecule has 0 aromatic heterocycles. The lowest BCUT2D eigenvalue weighted by atomic mass is 10.1. The van der Waals surface area contributed by atoms with Gasteiger partial charge in [0.2, 0.25) is 0 Å². The van der Waals surface area contributed by atoms with Crippen LogP contribution in [0.25, 0.3) is 0 Å². The summed E-state index contributed by atoms with van der Waals surface area (Å²) in [6.45, 7) is 2.97. The van der Waals surface area contributed by atoms with Crippen LogP contribution >= 0.6 is 12.4 Å². The summed E-state index contributed by atoms with van der Waals surface area (Å²) in [6.07, 6.45) is -4.95. The molecule has 0 spiro atoms. The first-order valence-electron chi connectivity index (χ1n) is 7.82. The van der Waals surface area contributed by atoms with Crippen molar-refractivity contribution in [1.82, 2.24) is 15.1 Å². The minimum atomic E-state index is -4.57. The molecule has 0 bridgehead atoms. The Morgan fingerprint density at radius 2 is 1.77 bits per heavy atom. The predicted octanol–water partition coefficient (Wildman–Crippen LogP) is 2.24. The van der Waals surface area contributed by atoms with Crippen LogP contribution in [-0.2, 0) is 10.9 Å². The van der Waals surface area contributed by atoms with E-state index in [-0.39, 0.29) is 30.6 Å². The van der Waals surface area contributed by atoms with E-state index in [1.165, 1.54) is 19.2 Å². The van der Waals surface area contributed by atoms with Gasteiger partial charge in [0.05, 0.1) is 18.2 Å². The van der Waals surface area contributed by atoms with Crippen molar-refractivity contribution in [2.75, 3.05) is 46.4 Å². The quantitative estimate of drug-likeness (QED) is 0.849. The van der Waals surface area contributed by atoms with Crippen LogP contribution in [0.4, 0.5) is 18.0 Å². The number of hydrogen-bond donors (Lipinski definition) is 1. The molecule has 1 fully saturated rings. The molecule has 1 aromatic carbocycles. The summed E-state index contributed by atoms with van der Waals surface area (Å²) >= 11 is 0. The van der Waals surface area contributed by atoms with Crippen LogP contribution in [0.5, 0.6) is 0 Å². The zero-order valence-corrected chi connectivity index (χ0v) is 15.0. The van der Waals surface area contributed by atoms with Gasteiger partial charge in [-0.3, -0.25) is 9.69 Å². The molecule has 6 nitrogen and oxygen atoms in total. The number of alkyl halides is 3. The Balaban J connectivity index is 0.00000338. The fraction of sp³-hybridized carbons (Fsp3) is 0.500. The summed E-state index contributed by atoms with van der Waals surface area (Å²) in [5, 5.41) is 2.52. The SMILES string of the molecule is COC(=O)N1CCN(CCNC(=O)c2ccccc2C(F)(F)F)CC1.Cl. The van der Waals surface area contributed by atoms with Crippen LogP contribution in [0.15, 0.2) is 24.3 Å². The molecular formula is C16H21ClF3N3O3. The molecular weight excluding hydrogens is 375 g/mol. The van der Waals surface area contributed by atoms with E-state index in [0.717, 1.165) is 12.1 Å². The highest BCUT2D eigenvalue weighted by molar-refractivity contribution is 5.95. The van der Waals surface area contributed by atoms with Gasteiger partial charge in [0, 0.05) is 39.3 Å². The first-order valence-corrected chi connectivity index (χ1v) is 7.82. The number of halogens is 4. The zero-order valence-electron chi connectivity index (χ0n) is 14.2. The van der Waals surface area contributed by atoms with Crippen molar-refractivity contribution in [2.45, 2.75) is 6.18 Å². The van der Waals surface area contributed by atoms with Crippen LogP contribution in [-0.4, -0.2) is 68.2 Å². The molecule has 2 rings (SSSR count). The van der Waals surface area contributed by atoms with E-state index in [9.17, 15) is 22.8 Å². The monoisotopic (exact) mass is 395 g/mol. The second-order valence-corrected chi connectivity index (χ2v) is 5.60. The minimum absolute atomic E-state index is 0. The topological polar surface area (TPSA) is 61.9 Å². The molecule has 0 atom stereocenters. The second kappa shape index (κ2) is 9.63. The molecule has 2 amide bonds. The number of carbonyl (C=O) groups is 2. The van der Waals surface area contributed by atoms with Gasteiger partial charge in [-0.25, -0.2) is 4.79 Å². The third kappa shape index (κ3) is 5.77. The average Bonchev–Trinajstić information content (AvgIpc) is 2.60. The van der Waals surface area contributed by atoms with E-state index in [4.69, 9.17) is 0 Å². The number of carbonyl (C=O) groups excluding carboxylic acids is 2. The van der Waals surface area contributed by atoms with Crippen LogP contribution in [0.3, 0.4) is 0 Å². The lowest BCUT2D eigenvalue weighted by Crippen LogP contribution is -2.50. The summed E-state index contributed by atoms with van der Waals surface area (Å²) in [4.78, 5) is 27.0. The van der Waals surface area contributed by atoms with Gasteiger partial charge in [0.25, 0.3) is 5.91 Å². The number of benzene rings is 1. The summed E-state index contributed by atoms with van der Waals surface area (Å²) in [7, 11) is 1.32. The van der Waals surface area contributed by atoms with E-state index in [2.05, 4.69) is 10.1 Å². The van der Waals surface area contributed by atoms with Gasteiger partial charge in [0.15, 0.2) is 0 Å². The Morgan fingerprint density at radius 3 is 2.35 bits per heavy atom. The van der Waals surface area contributed by atoms with E-state index in [1.54, 1.807) is 4.90 Å². The number of hydrogen-bond acceptors (Lipinski definition) is 4. The number of ether oxygens (including phenoxy) is 1. The molecule has 0 saturated carbocycles. The van der Waals surface area contributed by atoms with Crippen molar-refractivity contribution in [3.05, 3.63) is 35.4 Å². The van der Waals surface area contributed by atoms with Gasteiger partial charge in [-0.2, -0.15) is 13.2 Å². The fourth-order valence-corrected chi connectivity index (χ4v) is 2.63. The Hall–Kier alpha value is -2.00. The molecule has 1 saturated heterocycles. The van der Waals surface area contributed by atoms with Gasteiger partial charge in [-0.15, -0.1) is 12.4 Å². The van der Waals surface area contributed by atoms with Crippen LogP contribution in [0.2, 0.25) is 0 Å². The first kappa shape index (κ1) is 22.0. The van der Waals surface area contributed by atoms with Gasteiger partial charge < -0.3 is 15.0 Å². The summed E-state index contributed by atoms with van der Waals surface area (Å²) in [6, 6.07) is 4.70.